The molecule has 2 unspecified atom stereocenters. The number of hydrogen-bond acceptors (Lipinski definition) is 4. The van der Waals surface area contributed by atoms with E-state index < -0.39 is 0 Å². The van der Waals surface area contributed by atoms with Crippen molar-refractivity contribution in [1.82, 2.24) is 20.4 Å². The average Bonchev–Trinajstić information content (AvgIpc) is 3.31. The van der Waals surface area contributed by atoms with Crippen LogP contribution in [0.1, 0.15) is 50.1 Å². The van der Waals surface area contributed by atoms with Crippen LogP contribution in [0.3, 0.4) is 0 Å². The number of amides is 2. The van der Waals surface area contributed by atoms with Gasteiger partial charge in [0.1, 0.15) is 0 Å². The molecule has 1 aliphatic carbocycles. The molecular weight excluding hydrogens is 278 g/mol. The van der Waals surface area contributed by atoms with Crippen molar-refractivity contribution < 1.29 is 4.79 Å². The topological polar surface area (TPSA) is 70.1 Å². The second-order valence-corrected chi connectivity index (χ2v) is 6.71. The third-order valence-electron chi connectivity index (χ3n) is 5.09. The minimum absolute atomic E-state index is 0.161. The van der Waals surface area contributed by atoms with E-state index in [2.05, 4.69) is 25.7 Å². The fourth-order valence-electron chi connectivity index (χ4n) is 3.74. The molecule has 1 saturated carbocycles. The van der Waals surface area contributed by atoms with Gasteiger partial charge in [-0.05, 0) is 50.8 Å². The molecule has 6 heteroatoms. The molecule has 0 spiro atoms. The third-order valence-corrected chi connectivity index (χ3v) is 5.09. The van der Waals surface area contributed by atoms with E-state index in [1.54, 1.807) is 0 Å². The second kappa shape index (κ2) is 5.83. The van der Waals surface area contributed by atoms with Gasteiger partial charge in [-0.1, -0.05) is 6.42 Å². The van der Waals surface area contributed by atoms with E-state index in [0.29, 0.717) is 17.8 Å². The maximum absolute atomic E-state index is 12.2. The van der Waals surface area contributed by atoms with Crippen LogP contribution in [0.15, 0.2) is 12.1 Å². The lowest BCUT2D eigenvalue weighted by Gasteiger charge is -2.32. The highest BCUT2D eigenvalue weighted by molar-refractivity contribution is 5.88. The highest BCUT2D eigenvalue weighted by atomic mass is 16.2. The van der Waals surface area contributed by atoms with E-state index in [1.165, 1.54) is 38.6 Å². The molecule has 2 amide bonds. The Morgan fingerprint density at radius 1 is 1.09 bits per heavy atom. The molecule has 0 aromatic carbocycles. The molecule has 3 aliphatic rings. The monoisotopic (exact) mass is 301 g/mol. The zero-order valence-electron chi connectivity index (χ0n) is 12.8. The smallest absolute Gasteiger partial charge is 0.320 e. The molecule has 2 atom stereocenters. The molecule has 3 heterocycles. The molecule has 0 radical (unpaired) electrons. The summed E-state index contributed by atoms with van der Waals surface area (Å²) in [5, 5.41) is 14.2. The summed E-state index contributed by atoms with van der Waals surface area (Å²) in [6, 6.07) is 4.44. The Morgan fingerprint density at radius 3 is 2.77 bits per heavy atom. The number of carbonyl (C=O) groups excluding carboxylic acids is 1. The molecule has 0 bridgehead atoms. The Morgan fingerprint density at radius 2 is 2.00 bits per heavy atom. The quantitative estimate of drug-likeness (QED) is 0.897. The highest BCUT2D eigenvalue weighted by Crippen LogP contribution is 2.38. The zero-order chi connectivity index (χ0) is 14.9. The van der Waals surface area contributed by atoms with Crippen LogP contribution in [0, 0.1) is 0 Å². The molecule has 2 aliphatic heterocycles. The highest BCUT2D eigenvalue weighted by Gasteiger charge is 2.36. The van der Waals surface area contributed by atoms with Crippen LogP contribution < -0.4 is 10.6 Å². The Bertz CT molecular complexity index is 542. The Balaban J connectivity index is 1.32. The first-order valence-electron chi connectivity index (χ1n) is 8.45. The lowest BCUT2D eigenvalue weighted by atomic mass is 9.99. The summed E-state index contributed by atoms with van der Waals surface area (Å²) < 4.78 is 0. The number of nitrogens with zero attached hydrogens (tertiary/aromatic N) is 3. The standard InChI is InChI=1S/C16H23N5O/c22-16(17-13-8-10-21-9-2-1-3-14(13)21)18-15-7-6-12(19-20-15)11-4-5-11/h6-7,11,13-14H,1-5,8-10H2,(H2,17,18,20,22). The van der Waals surface area contributed by atoms with E-state index >= 15 is 0 Å². The van der Waals surface area contributed by atoms with Crippen molar-refractivity contribution in [3.63, 3.8) is 0 Å². The van der Waals surface area contributed by atoms with E-state index in [1.807, 2.05) is 12.1 Å². The lowest BCUT2D eigenvalue weighted by molar-refractivity contribution is 0.180. The van der Waals surface area contributed by atoms with Crippen LogP contribution in [0.2, 0.25) is 0 Å². The van der Waals surface area contributed by atoms with E-state index in [0.717, 1.165) is 18.7 Å². The first kappa shape index (κ1) is 13.9. The number of piperidine rings is 1. The first-order valence-corrected chi connectivity index (χ1v) is 8.45. The molecule has 118 valence electrons. The number of aromatic nitrogens is 2. The molecule has 2 N–H and O–H groups in total. The summed E-state index contributed by atoms with van der Waals surface area (Å²) in [6.07, 6.45) is 7.22. The predicted molar refractivity (Wildman–Crippen MR) is 83.8 cm³/mol. The molecular formula is C16H23N5O. The molecule has 1 aromatic heterocycles. The van der Waals surface area contributed by atoms with Crippen molar-refractivity contribution in [2.45, 2.75) is 56.5 Å². The van der Waals surface area contributed by atoms with Gasteiger partial charge >= 0.3 is 6.03 Å². The predicted octanol–water partition coefficient (Wildman–Crippen LogP) is 2.10. The van der Waals surface area contributed by atoms with Crippen molar-refractivity contribution >= 4 is 11.8 Å². The Kier molecular flexibility index (Phi) is 3.70. The second-order valence-electron chi connectivity index (χ2n) is 6.71. The van der Waals surface area contributed by atoms with Crippen molar-refractivity contribution in [2.75, 3.05) is 18.4 Å². The number of hydrogen-bond donors (Lipinski definition) is 2. The number of nitrogens with one attached hydrogen (secondary N) is 2. The van der Waals surface area contributed by atoms with E-state index in [9.17, 15) is 4.79 Å². The van der Waals surface area contributed by atoms with Crippen LogP contribution in [0.25, 0.3) is 0 Å². The fourth-order valence-corrected chi connectivity index (χ4v) is 3.74. The van der Waals surface area contributed by atoms with Crippen LogP contribution in [0.4, 0.5) is 10.6 Å². The lowest BCUT2D eigenvalue weighted by Crippen LogP contribution is -2.48. The van der Waals surface area contributed by atoms with Crippen molar-refractivity contribution in [3.05, 3.63) is 17.8 Å². The van der Waals surface area contributed by atoms with Gasteiger partial charge in [-0.15, -0.1) is 5.10 Å². The van der Waals surface area contributed by atoms with Gasteiger partial charge in [-0.2, -0.15) is 5.10 Å². The van der Waals surface area contributed by atoms with Crippen LogP contribution in [-0.4, -0.2) is 46.3 Å². The van der Waals surface area contributed by atoms with Gasteiger partial charge < -0.3 is 5.32 Å². The number of rotatable bonds is 3. The van der Waals surface area contributed by atoms with E-state index in [4.69, 9.17) is 0 Å². The number of carbonyl (C=O) groups is 1. The summed E-state index contributed by atoms with van der Waals surface area (Å²) in [6.45, 7) is 2.28. The maximum atomic E-state index is 12.2. The van der Waals surface area contributed by atoms with Crippen LogP contribution in [0.5, 0.6) is 0 Å². The van der Waals surface area contributed by atoms with Gasteiger partial charge in [-0.25, -0.2) is 4.79 Å². The number of fused-ring (bicyclic) bond motifs is 1. The summed E-state index contributed by atoms with van der Waals surface area (Å²) in [7, 11) is 0. The van der Waals surface area contributed by atoms with Crippen molar-refractivity contribution in [2.24, 2.45) is 0 Å². The van der Waals surface area contributed by atoms with Gasteiger partial charge in [0.05, 0.1) is 5.69 Å². The molecule has 2 saturated heterocycles. The van der Waals surface area contributed by atoms with Gasteiger partial charge in [0.2, 0.25) is 0 Å². The summed E-state index contributed by atoms with van der Waals surface area (Å²) in [5.74, 6) is 1.12. The first-order chi connectivity index (χ1) is 10.8. The molecule has 1 aromatic rings. The summed E-state index contributed by atoms with van der Waals surface area (Å²) in [4.78, 5) is 14.7. The van der Waals surface area contributed by atoms with Crippen LogP contribution >= 0.6 is 0 Å². The fraction of sp³-hybridized carbons (Fsp3) is 0.688. The Labute approximate surface area is 130 Å². The third kappa shape index (κ3) is 2.92. The van der Waals surface area contributed by atoms with Gasteiger partial charge in [0.25, 0.3) is 0 Å². The minimum Gasteiger partial charge on any atom is -0.333 e. The zero-order valence-corrected chi connectivity index (χ0v) is 12.8. The van der Waals surface area contributed by atoms with E-state index in [-0.39, 0.29) is 12.1 Å². The van der Waals surface area contributed by atoms with Crippen molar-refractivity contribution in [1.29, 1.82) is 0 Å². The largest absolute Gasteiger partial charge is 0.333 e. The van der Waals surface area contributed by atoms with Crippen molar-refractivity contribution in [3.8, 4) is 0 Å². The average molecular weight is 301 g/mol. The summed E-state index contributed by atoms with van der Waals surface area (Å²) in [5.41, 5.74) is 1.04. The summed E-state index contributed by atoms with van der Waals surface area (Å²) >= 11 is 0. The molecule has 3 fully saturated rings. The van der Waals surface area contributed by atoms with Gasteiger partial charge in [-0.3, -0.25) is 10.2 Å². The Hall–Kier alpha value is -1.69. The molecule has 6 nitrogen and oxygen atoms in total. The number of anilines is 1. The van der Waals surface area contributed by atoms with Crippen LogP contribution in [-0.2, 0) is 0 Å². The minimum atomic E-state index is -0.161. The molecule has 4 rings (SSSR count). The number of urea groups is 1. The SMILES string of the molecule is O=C(Nc1ccc(C2CC2)nn1)NC1CCN2CCCCC12. The maximum Gasteiger partial charge on any atom is 0.320 e. The van der Waals surface area contributed by atoms with Gasteiger partial charge in [0.15, 0.2) is 5.82 Å². The molecule has 22 heavy (non-hydrogen) atoms. The normalized spacial score (nSPS) is 28.2. The van der Waals surface area contributed by atoms with Gasteiger partial charge in [0, 0.05) is 24.5 Å².